The fourth-order valence-electron chi connectivity index (χ4n) is 3.18. The van der Waals surface area contributed by atoms with Crippen molar-refractivity contribution in [1.82, 2.24) is 5.32 Å². The fraction of sp³-hybridized carbons (Fsp3) is 0.875. The maximum Gasteiger partial charge on any atom is 0.303 e. The standard InChI is InChI=1S/C16H29NO3/c1-16(2,3)12-8-4-5-9-13(12)17-14(18)10-6-7-11-15(19)20/h12-13H,4-11H2,1-3H3,(H,17,18)(H,19,20). The number of aliphatic carboxylic acids is 1. The second kappa shape index (κ2) is 7.65. The van der Waals surface area contributed by atoms with Gasteiger partial charge in [-0.05, 0) is 37.0 Å². The number of carboxylic acid groups (broad SMARTS) is 1. The van der Waals surface area contributed by atoms with Crippen LogP contribution in [0, 0.1) is 11.3 Å². The Bertz CT molecular complexity index is 333. The van der Waals surface area contributed by atoms with Gasteiger partial charge >= 0.3 is 5.97 Å². The van der Waals surface area contributed by atoms with E-state index in [4.69, 9.17) is 5.11 Å². The third kappa shape index (κ3) is 5.93. The number of hydrogen-bond donors (Lipinski definition) is 2. The van der Waals surface area contributed by atoms with Gasteiger partial charge in [0.25, 0.3) is 0 Å². The molecule has 0 saturated heterocycles. The first-order valence-electron chi connectivity index (χ1n) is 7.82. The van der Waals surface area contributed by atoms with Crippen molar-refractivity contribution in [2.75, 3.05) is 0 Å². The molecule has 1 fully saturated rings. The molecule has 0 aromatic carbocycles. The Morgan fingerprint density at radius 1 is 1.10 bits per heavy atom. The summed E-state index contributed by atoms with van der Waals surface area (Å²) in [5.41, 5.74) is 0.224. The van der Waals surface area contributed by atoms with Crippen LogP contribution in [-0.2, 0) is 9.59 Å². The van der Waals surface area contributed by atoms with Crippen molar-refractivity contribution in [3.8, 4) is 0 Å². The van der Waals surface area contributed by atoms with Gasteiger partial charge in [0.2, 0.25) is 5.91 Å². The highest BCUT2D eigenvalue weighted by Crippen LogP contribution is 2.37. The van der Waals surface area contributed by atoms with E-state index in [0.29, 0.717) is 25.2 Å². The van der Waals surface area contributed by atoms with E-state index in [9.17, 15) is 9.59 Å². The third-order valence-corrected chi connectivity index (χ3v) is 4.27. The highest BCUT2D eigenvalue weighted by atomic mass is 16.4. The third-order valence-electron chi connectivity index (χ3n) is 4.27. The van der Waals surface area contributed by atoms with Crippen LogP contribution in [0.15, 0.2) is 0 Å². The molecular weight excluding hydrogens is 254 g/mol. The van der Waals surface area contributed by atoms with Gasteiger partial charge in [0.15, 0.2) is 0 Å². The number of nitrogens with one attached hydrogen (secondary N) is 1. The molecular formula is C16H29NO3. The van der Waals surface area contributed by atoms with Crippen LogP contribution in [0.25, 0.3) is 0 Å². The summed E-state index contributed by atoms with van der Waals surface area (Å²) < 4.78 is 0. The lowest BCUT2D eigenvalue weighted by Crippen LogP contribution is -2.46. The molecule has 4 heteroatoms. The lowest BCUT2D eigenvalue weighted by atomic mass is 9.69. The lowest BCUT2D eigenvalue weighted by molar-refractivity contribution is -0.137. The molecule has 0 radical (unpaired) electrons. The normalized spacial score (nSPS) is 23.4. The van der Waals surface area contributed by atoms with E-state index < -0.39 is 5.97 Å². The summed E-state index contributed by atoms with van der Waals surface area (Å²) in [5, 5.41) is 11.7. The summed E-state index contributed by atoms with van der Waals surface area (Å²) in [4.78, 5) is 22.4. The molecule has 1 rings (SSSR count). The summed E-state index contributed by atoms with van der Waals surface area (Å²) >= 11 is 0. The number of carbonyl (C=O) groups excluding carboxylic acids is 1. The zero-order chi connectivity index (χ0) is 15.2. The SMILES string of the molecule is CC(C)(C)C1CCCCC1NC(=O)CCCCC(=O)O. The minimum absolute atomic E-state index is 0.0801. The van der Waals surface area contributed by atoms with E-state index in [1.807, 2.05) is 0 Å². The first-order valence-corrected chi connectivity index (χ1v) is 7.82. The van der Waals surface area contributed by atoms with Crippen molar-refractivity contribution in [1.29, 1.82) is 0 Å². The van der Waals surface area contributed by atoms with Crippen LogP contribution >= 0.6 is 0 Å². The molecule has 2 atom stereocenters. The molecule has 0 heterocycles. The summed E-state index contributed by atoms with van der Waals surface area (Å²) in [6.45, 7) is 6.74. The van der Waals surface area contributed by atoms with Crippen LogP contribution in [0.3, 0.4) is 0 Å². The number of carbonyl (C=O) groups is 2. The molecule has 1 aliphatic rings. The van der Waals surface area contributed by atoms with Crippen LogP contribution in [0.4, 0.5) is 0 Å². The van der Waals surface area contributed by atoms with Crippen molar-refractivity contribution in [3.05, 3.63) is 0 Å². The quantitative estimate of drug-likeness (QED) is 0.735. The number of rotatable bonds is 6. The van der Waals surface area contributed by atoms with E-state index in [1.165, 1.54) is 19.3 Å². The molecule has 1 amide bonds. The van der Waals surface area contributed by atoms with Crippen LogP contribution in [0.5, 0.6) is 0 Å². The molecule has 0 aliphatic heterocycles. The maximum absolute atomic E-state index is 12.0. The molecule has 0 aromatic rings. The summed E-state index contributed by atoms with van der Waals surface area (Å²) in [5.74, 6) is -0.166. The van der Waals surface area contributed by atoms with E-state index in [2.05, 4.69) is 26.1 Å². The Balaban J connectivity index is 2.37. The number of hydrogen-bond acceptors (Lipinski definition) is 2. The number of unbranched alkanes of at least 4 members (excludes halogenated alkanes) is 1. The van der Waals surface area contributed by atoms with Crippen molar-refractivity contribution < 1.29 is 14.7 Å². The topological polar surface area (TPSA) is 66.4 Å². The van der Waals surface area contributed by atoms with E-state index in [0.717, 1.165) is 6.42 Å². The zero-order valence-electron chi connectivity index (χ0n) is 13.1. The predicted octanol–water partition coefficient (Wildman–Crippen LogP) is 3.35. The monoisotopic (exact) mass is 283 g/mol. The van der Waals surface area contributed by atoms with Gasteiger partial charge in [0.05, 0.1) is 0 Å². The summed E-state index contributed by atoms with van der Waals surface area (Å²) in [6.07, 6.45) is 6.54. The highest BCUT2D eigenvalue weighted by molar-refractivity contribution is 5.76. The van der Waals surface area contributed by atoms with Gasteiger partial charge in [-0.1, -0.05) is 33.6 Å². The maximum atomic E-state index is 12.0. The fourth-order valence-corrected chi connectivity index (χ4v) is 3.18. The average Bonchev–Trinajstić information content (AvgIpc) is 2.34. The summed E-state index contributed by atoms with van der Waals surface area (Å²) in [6, 6.07) is 0.288. The average molecular weight is 283 g/mol. The summed E-state index contributed by atoms with van der Waals surface area (Å²) in [7, 11) is 0. The largest absolute Gasteiger partial charge is 0.481 e. The Kier molecular flexibility index (Phi) is 6.50. The molecule has 2 N–H and O–H groups in total. The molecule has 4 nitrogen and oxygen atoms in total. The molecule has 2 unspecified atom stereocenters. The molecule has 0 bridgehead atoms. The second-order valence-electron chi connectivity index (χ2n) is 7.03. The van der Waals surface area contributed by atoms with E-state index in [1.54, 1.807) is 0 Å². The minimum atomic E-state index is -0.787. The number of amides is 1. The molecule has 116 valence electrons. The predicted molar refractivity (Wildman–Crippen MR) is 79.4 cm³/mol. The van der Waals surface area contributed by atoms with Crippen molar-refractivity contribution in [2.24, 2.45) is 11.3 Å². The van der Waals surface area contributed by atoms with Gasteiger partial charge in [0.1, 0.15) is 0 Å². The first kappa shape index (κ1) is 17.0. The highest BCUT2D eigenvalue weighted by Gasteiger charge is 2.34. The Hall–Kier alpha value is -1.06. The lowest BCUT2D eigenvalue weighted by Gasteiger charge is -2.40. The smallest absolute Gasteiger partial charge is 0.303 e. The van der Waals surface area contributed by atoms with Crippen molar-refractivity contribution in [3.63, 3.8) is 0 Å². The number of carboxylic acids is 1. The van der Waals surface area contributed by atoms with Crippen molar-refractivity contribution >= 4 is 11.9 Å². The van der Waals surface area contributed by atoms with Crippen molar-refractivity contribution in [2.45, 2.75) is 78.2 Å². The Morgan fingerprint density at radius 3 is 2.30 bits per heavy atom. The van der Waals surface area contributed by atoms with Crippen LogP contribution in [0.2, 0.25) is 0 Å². The Labute approximate surface area is 122 Å². The van der Waals surface area contributed by atoms with Gasteiger partial charge in [-0.25, -0.2) is 0 Å². The molecule has 1 saturated carbocycles. The van der Waals surface area contributed by atoms with E-state index in [-0.39, 0.29) is 23.8 Å². The Morgan fingerprint density at radius 2 is 1.70 bits per heavy atom. The van der Waals surface area contributed by atoms with Gasteiger partial charge < -0.3 is 10.4 Å². The molecule has 0 aromatic heterocycles. The van der Waals surface area contributed by atoms with Gasteiger partial charge in [-0.15, -0.1) is 0 Å². The molecule has 1 aliphatic carbocycles. The van der Waals surface area contributed by atoms with Gasteiger partial charge in [-0.3, -0.25) is 9.59 Å². The second-order valence-corrected chi connectivity index (χ2v) is 7.03. The molecule has 0 spiro atoms. The molecule has 20 heavy (non-hydrogen) atoms. The van der Waals surface area contributed by atoms with E-state index >= 15 is 0 Å². The minimum Gasteiger partial charge on any atom is -0.481 e. The first-order chi connectivity index (χ1) is 9.30. The van der Waals surface area contributed by atoms with Crippen LogP contribution < -0.4 is 5.32 Å². The van der Waals surface area contributed by atoms with Crippen LogP contribution in [0.1, 0.15) is 72.1 Å². The van der Waals surface area contributed by atoms with Gasteiger partial charge in [0, 0.05) is 18.9 Å². The van der Waals surface area contributed by atoms with Crippen LogP contribution in [-0.4, -0.2) is 23.0 Å². The van der Waals surface area contributed by atoms with Gasteiger partial charge in [-0.2, -0.15) is 0 Å². The zero-order valence-corrected chi connectivity index (χ0v) is 13.1.